The standard InChI is InChI=1S/C13H13N5O/c1-8-9(6-14)11-16-13(4-2-3-5-13)17-18(11)12(19)10(8)7-15/h16-17H,2-5H2,1H3. The van der Waals surface area contributed by atoms with Crippen molar-refractivity contribution in [3.8, 4) is 12.1 Å². The van der Waals surface area contributed by atoms with Crippen LogP contribution in [-0.4, -0.2) is 10.3 Å². The molecule has 0 saturated heterocycles. The summed E-state index contributed by atoms with van der Waals surface area (Å²) in [5.74, 6) is 0.492. The predicted octanol–water partition coefficient (Wildman–Crippen LogP) is 1.14. The van der Waals surface area contributed by atoms with E-state index >= 15 is 0 Å². The van der Waals surface area contributed by atoms with Gasteiger partial charge in [-0.2, -0.15) is 10.5 Å². The highest BCUT2D eigenvalue weighted by Crippen LogP contribution is 2.37. The lowest BCUT2D eigenvalue weighted by molar-refractivity contribution is 0.530. The van der Waals surface area contributed by atoms with Crippen LogP contribution in [0.15, 0.2) is 4.79 Å². The van der Waals surface area contributed by atoms with Crippen LogP contribution in [-0.2, 0) is 0 Å². The van der Waals surface area contributed by atoms with Crippen LogP contribution in [0.3, 0.4) is 0 Å². The van der Waals surface area contributed by atoms with Gasteiger partial charge in [0.2, 0.25) is 0 Å². The minimum absolute atomic E-state index is 0.0321. The molecule has 1 aromatic rings. The first kappa shape index (κ1) is 11.6. The highest BCUT2D eigenvalue weighted by Gasteiger charge is 2.41. The maximum absolute atomic E-state index is 12.2. The molecule has 2 heterocycles. The first-order valence-corrected chi connectivity index (χ1v) is 6.28. The molecule has 1 saturated carbocycles. The van der Waals surface area contributed by atoms with E-state index in [1.807, 2.05) is 6.07 Å². The van der Waals surface area contributed by atoms with Gasteiger partial charge in [-0.25, -0.2) is 4.68 Å². The Morgan fingerprint density at radius 1 is 1.21 bits per heavy atom. The number of hydrogen-bond acceptors (Lipinski definition) is 5. The van der Waals surface area contributed by atoms with E-state index in [1.165, 1.54) is 4.68 Å². The number of nitriles is 2. The van der Waals surface area contributed by atoms with Crippen LogP contribution in [0.25, 0.3) is 0 Å². The number of nitrogens with zero attached hydrogens (tertiary/aromatic N) is 3. The van der Waals surface area contributed by atoms with E-state index in [1.54, 1.807) is 6.92 Å². The summed E-state index contributed by atoms with van der Waals surface area (Å²) in [5.41, 5.74) is 3.28. The van der Waals surface area contributed by atoms with Crippen molar-refractivity contribution in [2.75, 3.05) is 10.7 Å². The van der Waals surface area contributed by atoms with E-state index in [9.17, 15) is 10.1 Å². The molecule has 1 aliphatic heterocycles. The fourth-order valence-corrected chi connectivity index (χ4v) is 2.97. The zero-order valence-electron chi connectivity index (χ0n) is 10.6. The number of pyridine rings is 1. The van der Waals surface area contributed by atoms with Crippen molar-refractivity contribution < 1.29 is 0 Å². The largest absolute Gasteiger partial charge is 0.345 e. The monoisotopic (exact) mass is 255 g/mol. The fourth-order valence-electron chi connectivity index (χ4n) is 2.97. The van der Waals surface area contributed by atoms with Crippen molar-refractivity contribution in [2.24, 2.45) is 0 Å². The van der Waals surface area contributed by atoms with Crippen molar-refractivity contribution in [1.29, 1.82) is 10.5 Å². The molecule has 19 heavy (non-hydrogen) atoms. The zero-order valence-corrected chi connectivity index (χ0v) is 10.6. The summed E-state index contributed by atoms with van der Waals surface area (Å²) < 4.78 is 1.33. The Bertz CT molecular complexity index is 698. The van der Waals surface area contributed by atoms with Crippen LogP contribution >= 0.6 is 0 Å². The maximum Gasteiger partial charge on any atom is 0.289 e. The van der Waals surface area contributed by atoms with E-state index in [0.29, 0.717) is 16.9 Å². The Balaban J connectivity index is 2.25. The molecule has 96 valence electrons. The van der Waals surface area contributed by atoms with Crippen molar-refractivity contribution in [1.82, 2.24) is 4.68 Å². The first-order chi connectivity index (χ1) is 9.12. The van der Waals surface area contributed by atoms with Gasteiger partial charge in [0.15, 0.2) is 0 Å². The maximum atomic E-state index is 12.2. The van der Waals surface area contributed by atoms with Gasteiger partial charge in [-0.15, -0.1) is 0 Å². The van der Waals surface area contributed by atoms with Crippen LogP contribution in [0.4, 0.5) is 5.82 Å². The van der Waals surface area contributed by atoms with Gasteiger partial charge in [-0.05, 0) is 38.2 Å². The highest BCUT2D eigenvalue weighted by molar-refractivity contribution is 5.64. The van der Waals surface area contributed by atoms with Crippen molar-refractivity contribution in [2.45, 2.75) is 38.3 Å². The smallest absolute Gasteiger partial charge is 0.289 e. The minimum atomic E-state index is -0.384. The van der Waals surface area contributed by atoms with Gasteiger partial charge < -0.3 is 5.32 Å². The summed E-state index contributed by atoms with van der Waals surface area (Å²) in [6.07, 6.45) is 3.96. The average molecular weight is 255 g/mol. The Labute approximate surface area is 110 Å². The van der Waals surface area contributed by atoms with Gasteiger partial charge in [-0.3, -0.25) is 10.2 Å². The lowest BCUT2D eigenvalue weighted by Gasteiger charge is -2.23. The summed E-state index contributed by atoms with van der Waals surface area (Å²) in [7, 11) is 0. The van der Waals surface area contributed by atoms with Gasteiger partial charge in [0.1, 0.15) is 29.2 Å². The second kappa shape index (κ2) is 3.76. The van der Waals surface area contributed by atoms with Gasteiger partial charge >= 0.3 is 0 Å². The molecule has 6 heteroatoms. The molecule has 0 aromatic carbocycles. The van der Waals surface area contributed by atoms with Crippen LogP contribution < -0.4 is 16.3 Å². The molecule has 1 spiro atoms. The molecule has 0 atom stereocenters. The Morgan fingerprint density at radius 3 is 2.42 bits per heavy atom. The number of anilines is 1. The molecule has 1 aliphatic carbocycles. The molecule has 0 unspecified atom stereocenters. The average Bonchev–Trinajstić information content (AvgIpc) is 2.99. The number of aromatic nitrogens is 1. The lowest BCUT2D eigenvalue weighted by atomic mass is 10.1. The molecule has 6 nitrogen and oxygen atoms in total. The van der Waals surface area contributed by atoms with Crippen LogP contribution in [0, 0.1) is 29.6 Å². The van der Waals surface area contributed by atoms with E-state index in [4.69, 9.17) is 5.26 Å². The predicted molar refractivity (Wildman–Crippen MR) is 69.1 cm³/mol. The molecular formula is C13H13N5O. The molecule has 0 amide bonds. The third kappa shape index (κ3) is 1.43. The highest BCUT2D eigenvalue weighted by atomic mass is 16.1. The van der Waals surface area contributed by atoms with Crippen molar-refractivity contribution in [3.05, 3.63) is 27.0 Å². The summed E-state index contributed by atoms with van der Waals surface area (Å²) in [5, 5.41) is 21.7. The molecule has 1 aromatic heterocycles. The third-order valence-electron chi connectivity index (χ3n) is 3.99. The second-order valence-electron chi connectivity index (χ2n) is 5.11. The Morgan fingerprint density at radius 2 is 1.84 bits per heavy atom. The molecule has 2 aliphatic rings. The van der Waals surface area contributed by atoms with Gasteiger partial charge in [0.25, 0.3) is 5.56 Å². The number of rotatable bonds is 0. The summed E-state index contributed by atoms with van der Waals surface area (Å²) in [6, 6.07) is 3.99. The van der Waals surface area contributed by atoms with Crippen molar-refractivity contribution >= 4 is 5.82 Å². The Hall–Kier alpha value is -2.47. The topological polar surface area (TPSA) is 93.6 Å². The van der Waals surface area contributed by atoms with Crippen LogP contribution in [0.5, 0.6) is 0 Å². The molecule has 0 bridgehead atoms. The van der Waals surface area contributed by atoms with Crippen molar-refractivity contribution in [3.63, 3.8) is 0 Å². The van der Waals surface area contributed by atoms with Crippen LogP contribution in [0.1, 0.15) is 42.4 Å². The minimum Gasteiger partial charge on any atom is -0.345 e. The molecular weight excluding hydrogens is 242 g/mol. The quantitative estimate of drug-likeness (QED) is 0.725. The molecule has 1 fully saturated rings. The van der Waals surface area contributed by atoms with E-state index in [2.05, 4.69) is 16.8 Å². The number of hydrogen-bond donors (Lipinski definition) is 2. The fraction of sp³-hybridized carbons (Fsp3) is 0.462. The van der Waals surface area contributed by atoms with E-state index < -0.39 is 0 Å². The van der Waals surface area contributed by atoms with E-state index in [0.717, 1.165) is 25.7 Å². The zero-order chi connectivity index (χ0) is 13.6. The summed E-state index contributed by atoms with van der Waals surface area (Å²) in [6.45, 7) is 1.64. The van der Waals surface area contributed by atoms with Gasteiger partial charge in [0, 0.05) is 0 Å². The third-order valence-corrected chi connectivity index (χ3v) is 3.99. The SMILES string of the molecule is Cc1c(C#N)c2n(c(=O)c1C#N)NC1(CCCC1)N2. The summed E-state index contributed by atoms with van der Waals surface area (Å²) in [4.78, 5) is 12.2. The first-order valence-electron chi connectivity index (χ1n) is 6.28. The molecule has 0 radical (unpaired) electrons. The Kier molecular flexibility index (Phi) is 2.30. The van der Waals surface area contributed by atoms with Crippen LogP contribution in [0.2, 0.25) is 0 Å². The van der Waals surface area contributed by atoms with Gasteiger partial charge in [0.05, 0.1) is 5.56 Å². The second-order valence-corrected chi connectivity index (χ2v) is 5.11. The lowest BCUT2D eigenvalue weighted by Crippen LogP contribution is -2.42. The number of nitrogens with one attached hydrogen (secondary N) is 2. The normalized spacial score (nSPS) is 18.3. The molecule has 2 N–H and O–H groups in total. The number of fused-ring (bicyclic) bond motifs is 1. The van der Waals surface area contributed by atoms with E-state index in [-0.39, 0.29) is 16.8 Å². The summed E-state index contributed by atoms with van der Waals surface area (Å²) >= 11 is 0. The van der Waals surface area contributed by atoms with Gasteiger partial charge in [-0.1, -0.05) is 0 Å². The molecule has 3 rings (SSSR count).